The molecule has 1 aromatic heterocycles. The molecule has 1 heterocycles. The Labute approximate surface area is 185 Å². The minimum atomic E-state index is -0.446. The van der Waals surface area contributed by atoms with E-state index >= 15 is 0 Å². The van der Waals surface area contributed by atoms with E-state index in [0.29, 0.717) is 11.7 Å². The molecule has 3 rings (SSSR count). The molecule has 0 unspecified atom stereocenters. The van der Waals surface area contributed by atoms with Crippen LogP contribution in [0.4, 0.5) is 10.8 Å². The lowest BCUT2D eigenvalue weighted by Gasteiger charge is -2.19. The largest absolute Gasteiger partial charge is 0.309 e. The minimum absolute atomic E-state index is 0. The highest BCUT2D eigenvalue weighted by Crippen LogP contribution is 2.29. The second-order valence-corrected chi connectivity index (χ2v) is 7.80. The van der Waals surface area contributed by atoms with E-state index in [4.69, 9.17) is 0 Å². The third-order valence-electron chi connectivity index (χ3n) is 4.29. The number of nitro groups is 1. The monoisotopic (exact) mass is 446 g/mol. The Balaban J connectivity index is 0.00000320. The van der Waals surface area contributed by atoms with Crippen molar-refractivity contribution < 1.29 is 9.72 Å². The first kappa shape index (κ1) is 23.5. The van der Waals surface area contributed by atoms with Gasteiger partial charge in [-0.15, -0.1) is 12.4 Å². The molecule has 0 aliphatic rings. The molecular weight excluding hydrogens is 424 g/mol. The normalized spacial score (nSPS) is 11.0. The highest BCUT2D eigenvalue weighted by molar-refractivity contribution is 7.22. The van der Waals surface area contributed by atoms with Gasteiger partial charge in [-0.1, -0.05) is 23.5 Å². The Hall–Kier alpha value is -2.81. The van der Waals surface area contributed by atoms with Crippen molar-refractivity contribution in [3.8, 4) is 0 Å². The molecule has 0 spiro atoms. The number of nitrogens with zero attached hydrogens (tertiary/aromatic N) is 4. The van der Waals surface area contributed by atoms with Crippen molar-refractivity contribution in [3.63, 3.8) is 0 Å². The smallest absolute Gasteiger partial charge is 0.269 e. The van der Waals surface area contributed by atoms with Crippen LogP contribution in [0.25, 0.3) is 16.3 Å². The second kappa shape index (κ2) is 10.8. The summed E-state index contributed by atoms with van der Waals surface area (Å²) in [6.45, 7) is 1.42. The lowest BCUT2D eigenvalue weighted by atomic mass is 10.2. The maximum absolute atomic E-state index is 12.9. The SMILES string of the molecule is CN(C)CCCN(C(=O)C=Cc1ccc([N+](=O)[O-])cc1)c1nc2ccccc2s1.Cl. The molecule has 0 atom stereocenters. The number of hydrogen-bond acceptors (Lipinski definition) is 6. The van der Waals surface area contributed by atoms with Crippen LogP contribution in [0.3, 0.4) is 0 Å². The Kier molecular flexibility index (Phi) is 8.46. The second-order valence-electron chi connectivity index (χ2n) is 6.79. The van der Waals surface area contributed by atoms with Crippen molar-refractivity contribution in [2.75, 3.05) is 32.1 Å². The van der Waals surface area contributed by atoms with Crippen LogP contribution < -0.4 is 4.90 Å². The summed E-state index contributed by atoms with van der Waals surface area (Å²) in [5, 5.41) is 11.4. The van der Waals surface area contributed by atoms with Crippen LogP contribution in [0.2, 0.25) is 0 Å². The fourth-order valence-corrected chi connectivity index (χ4v) is 3.78. The van der Waals surface area contributed by atoms with E-state index in [-0.39, 0.29) is 24.0 Å². The number of anilines is 1. The van der Waals surface area contributed by atoms with Crippen LogP contribution in [0.1, 0.15) is 12.0 Å². The molecule has 30 heavy (non-hydrogen) atoms. The van der Waals surface area contributed by atoms with E-state index in [1.54, 1.807) is 23.1 Å². The molecule has 3 aromatic rings. The summed E-state index contributed by atoms with van der Waals surface area (Å²) in [7, 11) is 4.00. The zero-order chi connectivity index (χ0) is 20.8. The van der Waals surface area contributed by atoms with Crippen LogP contribution in [0.5, 0.6) is 0 Å². The van der Waals surface area contributed by atoms with Gasteiger partial charge in [-0.2, -0.15) is 0 Å². The van der Waals surface area contributed by atoms with E-state index in [0.717, 1.165) is 28.7 Å². The molecule has 9 heteroatoms. The Morgan fingerprint density at radius 1 is 1.13 bits per heavy atom. The third kappa shape index (κ3) is 6.09. The summed E-state index contributed by atoms with van der Waals surface area (Å²) in [6, 6.07) is 13.9. The summed E-state index contributed by atoms with van der Waals surface area (Å²) in [4.78, 5) is 31.6. The number of carbonyl (C=O) groups is 1. The highest BCUT2D eigenvalue weighted by atomic mass is 35.5. The number of hydrogen-bond donors (Lipinski definition) is 0. The number of aromatic nitrogens is 1. The lowest BCUT2D eigenvalue weighted by Crippen LogP contribution is -2.32. The summed E-state index contributed by atoms with van der Waals surface area (Å²) in [5.41, 5.74) is 1.62. The quantitative estimate of drug-likeness (QED) is 0.286. The molecule has 0 bridgehead atoms. The van der Waals surface area contributed by atoms with E-state index in [9.17, 15) is 14.9 Å². The van der Waals surface area contributed by atoms with Crippen LogP contribution in [-0.2, 0) is 4.79 Å². The van der Waals surface area contributed by atoms with Crippen molar-refractivity contribution in [2.24, 2.45) is 0 Å². The number of para-hydroxylation sites is 1. The van der Waals surface area contributed by atoms with E-state index in [1.807, 2.05) is 38.4 Å². The fourth-order valence-electron chi connectivity index (χ4n) is 2.79. The predicted molar refractivity (Wildman–Crippen MR) is 125 cm³/mol. The topological polar surface area (TPSA) is 79.6 Å². The van der Waals surface area contributed by atoms with E-state index < -0.39 is 4.92 Å². The molecule has 0 fully saturated rings. The molecule has 0 saturated carbocycles. The highest BCUT2D eigenvalue weighted by Gasteiger charge is 2.17. The maximum atomic E-state index is 12.9. The fraction of sp³-hybridized carbons (Fsp3) is 0.238. The zero-order valence-corrected chi connectivity index (χ0v) is 18.4. The number of non-ortho nitro benzene ring substituents is 1. The Morgan fingerprint density at radius 3 is 2.47 bits per heavy atom. The van der Waals surface area contributed by atoms with E-state index in [1.165, 1.54) is 29.5 Å². The number of amides is 1. The average Bonchev–Trinajstić information content (AvgIpc) is 3.13. The van der Waals surface area contributed by atoms with E-state index in [2.05, 4.69) is 9.88 Å². The third-order valence-corrected chi connectivity index (χ3v) is 5.35. The van der Waals surface area contributed by atoms with Gasteiger partial charge < -0.3 is 4.90 Å². The van der Waals surface area contributed by atoms with Crippen LogP contribution >= 0.6 is 23.7 Å². The summed E-state index contributed by atoms with van der Waals surface area (Å²) >= 11 is 1.49. The van der Waals surface area contributed by atoms with Crippen molar-refractivity contribution in [3.05, 3.63) is 70.3 Å². The summed E-state index contributed by atoms with van der Waals surface area (Å²) in [6.07, 6.45) is 3.97. The molecule has 0 aliphatic carbocycles. The lowest BCUT2D eigenvalue weighted by molar-refractivity contribution is -0.384. The molecule has 0 aliphatic heterocycles. The number of halogens is 1. The minimum Gasteiger partial charge on any atom is -0.309 e. The van der Waals surface area contributed by atoms with Gasteiger partial charge in [0, 0.05) is 24.8 Å². The first-order valence-corrected chi connectivity index (χ1v) is 10.00. The first-order chi connectivity index (χ1) is 13.9. The molecule has 158 valence electrons. The number of thiazole rings is 1. The van der Waals surface area contributed by atoms with Crippen molar-refractivity contribution in [1.82, 2.24) is 9.88 Å². The number of carbonyl (C=O) groups excluding carboxylic acids is 1. The van der Waals surface area contributed by atoms with Gasteiger partial charge in [-0.3, -0.25) is 19.8 Å². The first-order valence-electron chi connectivity index (χ1n) is 9.18. The molecule has 0 saturated heterocycles. The average molecular weight is 447 g/mol. The standard InChI is InChI=1S/C21H22N4O3S.ClH/c1-23(2)14-5-15-24(21-22-18-6-3-4-7-19(18)29-21)20(26)13-10-16-8-11-17(12-9-16)25(27)28;/h3-4,6-13H,5,14-15H2,1-2H3;1H. The summed E-state index contributed by atoms with van der Waals surface area (Å²) < 4.78 is 1.03. The van der Waals surface area contributed by atoms with Crippen LogP contribution in [0.15, 0.2) is 54.6 Å². The molecular formula is C21H23ClN4O3S. The van der Waals surface area contributed by atoms with Gasteiger partial charge in [0.15, 0.2) is 5.13 Å². The van der Waals surface area contributed by atoms with Crippen LogP contribution in [-0.4, -0.2) is 47.9 Å². The molecule has 0 radical (unpaired) electrons. The zero-order valence-electron chi connectivity index (χ0n) is 16.7. The Morgan fingerprint density at radius 2 is 1.83 bits per heavy atom. The molecule has 2 aromatic carbocycles. The van der Waals surface area contributed by atoms with Gasteiger partial charge in [0.2, 0.25) is 0 Å². The van der Waals surface area contributed by atoms with Gasteiger partial charge in [0.05, 0.1) is 15.1 Å². The van der Waals surface area contributed by atoms with Crippen molar-refractivity contribution in [2.45, 2.75) is 6.42 Å². The number of nitro benzene ring substituents is 1. The predicted octanol–water partition coefficient (Wildman–Crippen LogP) is 4.62. The van der Waals surface area contributed by atoms with Gasteiger partial charge >= 0.3 is 0 Å². The Bertz CT molecular complexity index is 1000. The number of fused-ring (bicyclic) bond motifs is 1. The van der Waals surface area contributed by atoms with Gasteiger partial charge in [0.25, 0.3) is 11.6 Å². The molecule has 0 N–H and O–H groups in total. The molecule has 1 amide bonds. The number of benzene rings is 2. The van der Waals surface area contributed by atoms with Crippen LogP contribution in [0, 0.1) is 10.1 Å². The van der Waals surface area contributed by atoms with Crippen molar-refractivity contribution in [1.29, 1.82) is 0 Å². The van der Waals surface area contributed by atoms with Crippen molar-refractivity contribution >= 4 is 56.8 Å². The number of rotatable bonds is 8. The van der Waals surface area contributed by atoms with Gasteiger partial charge in [0.1, 0.15) is 0 Å². The van der Waals surface area contributed by atoms with Gasteiger partial charge in [-0.05, 0) is 63.0 Å². The molecule has 7 nitrogen and oxygen atoms in total. The maximum Gasteiger partial charge on any atom is 0.269 e. The summed E-state index contributed by atoms with van der Waals surface area (Å²) in [5.74, 6) is -0.166. The van der Waals surface area contributed by atoms with Gasteiger partial charge in [-0.25, -0.2) is 4.98 Å².